The fraction of sp³-hybridized carbons (Fsp3) is 0.800. The first-order valence-corrected chi connectivity index (χ1v) is 5.09. The number of nitrogens with zero attached hydrogens (tertiary/aromatic N) is 1. The Morgan fingerprint density at radius 2 is 2.17 bits per heavy atom. The number of aliphatic hydroxyl groups is 1. The van der Waals surface area contributed by atoms with E-state index in [1.807, 2.05) is 0 Å². The molecule has 0 aromatic carbocycles. The molecule has 1 aliphatic rings. The monoisotopic (exact) mass is 196 g/mol. The molecule has 6 nitrogen and oxygen atoms in total. The smallest absolute Gasteiger partial charge is 0.261 e. The van der Waals surface area contributed by atoms with Crippen LogP contribution in [-0.2, 0) is 10.1 Å². The molecular weight excluding hydrogens is 184 g/mol. The molecule has 0 aliphatic carbocycles. The van der Waals surface area contributed by atoms with Gasteiger partial charge in [0.25, 0.3) is 10.1 Å². The Kier molecular flexibility index (Phi) is 4.79. The van der Waals surface area contributed by atoms with Gasteiger partial charge < -0.3 is 10.4 Å². The predicted molar refractivity (Wildman–Crippen MR) is 44.9 cm³/mol. The van der Waals surface area contributed by atoms with E-state index in [-0.39, 0.29) is 6.61 Å². The molecule has 0 atom stereocenters. The molecule has 0 saturated carbocycles. The highest BCUT2D eigenvalue weighted by atomic mass is 32.2. The molecule has 0 aromatic rings. The van der Waals surface area contributed by atoms with E-state index in [1.165, 1.54) is 0 Å². The molecule has 0 saturated heterocycles. The molecule has 0 bridgehead atoms. The van der Waals surface area contributed by atoms with Gasteiger partial charge in [-0.15, -0.1) is 0 Å². The van der Waals surface area contributed by atoms with Gasteiger partial charge in [-0.2, -0.15) is 8.42 Å². The highest BCUT2D eigenvalue weighted by molar-refractivity contribution is 7.85. The molecule has 1 heterocycles. The van der Waals surface area contributed by atoms with Crippen molar-refractivity contribution in [3.05, 3.63) is 0 Å². The van der Waals surface area contributed by atoms with Gasteiger partial charge in [-0.25, -0.2) is 0 Å². The number of rotatable bonds is 1. The molecule has 0 unspecified atom stereocenters. The Labute approximate surface area is 71.1 Å². The lowest BCUT2D eigenvalue weighted by Crippen LogP contribution is -2.21. The van der Waals surface area contributed by atoms with Crippen molar-refractivity contribution in [2.24, 2.45) is 4.99 Å². The molecule has 0 fully saturated rings. The number of amidine groups is 1. The Morgan fingerprint density at radius 1 is 1.67 bits per heavy atom. The van der Waals surface area contributed by atoms with E-state index in [0.29, 0.717) is 6.26 Å². The zero-order valence-corrected chi connectivity index (χ0v) is 7.50. The fourth-order valence-electron chi connectivity index (χ4n) is 0.553. The van der Waals surface area contributed by atoms with Crippen LogP contribution in [0.2, 0.25) is 0 Å². The van der Waals surface area contributed by atoms with E-state index in [4.69, 9.17) is 9.66 Å². The average molecular weight is 196 g/mol. The van der Waals surface area contributed by atoms with E-state index >= 15 is 0 Å². The van der Waals surface area contributed by atoms with Gasteiger partial charge in [-0.3, -0.25) is 9.55 Å². The van der Waals surface area contributed by atoms with E-state index in [9.17, 15) is 8.42 Å². The SMILES string of the molecule is CS(=O)(=O)O.OCC1=NCCN1. The number of nitrogens with one attached hydrogen (secondary N) is 1. The van der Waals surface area contributed by atoms with Crippen LogP contribution in [0.3, 0.4) is 0 Å². The summed E-state index contributed by atoms with van der Waals surface area (Å²) in [4.78, 5) is 3.91. The third-order valence-electron chi connectivity index (χ3n) is 0.893. The van der Waals surface area contributed by atoms with E-state index < -0.39 is 10.1 Å². The van der Waals surface area contributed by atoms with Crippen LogP contribution in [0.1, 0.15) is 0 Å². The molecule has 0 aromatic heterocycles. The molecule has 1 rings (SSSR count). The Hall–Kier alpha value is -0.660. The van der Waals surface area contributed by atoms with Crippen LogP contribution >= 0.6 is 0 Å². The molecule has 3 N–H and O–H groups in total. The number of aliphatic hydroxyl groups excluding tert-OH is 1. The van der Waals surface area contributed by atoms with Crippen LogP contribution in [-0.4, -0.2) is 49.9 Å². The Morgan fingerprint density at radius 3 is 2.33 bits per heavy atom. The fourth-order valence-corrected chi connectivity index (χ4v) is 0.553. The zero-order valence-electron chi connectivity index (χ0n) is 6.69. The van der Waals surface area contributed by atoms with Crippen LogP contribution < -0.4 is 5.32 Å². The first-order valence-electron chi connectivity index (χ1n) is 3.24. The summed E-state index contributed by atoms with van der Waals surface area (Å²) in [6, 6.07) is 0. The van der Waals surface area contributed by atoms with Crippen LogP contribution in [0.5, 0.6) is 0 Å². The lowest BCUT2D eigenvalue weighted by molar-refractivity contribution is 0.354. The van der Waals surface area contributed by atoms with Gasteiger partial charge in [0.15, 0.2) is 0 Å². The first kappa shape index (κ1) is 11.3. The number of hydrogen-bond acceptors (Lipinski definition) is 5. The third-order valence-corrected chi connectivity index (χ3v) is 0.893. The van der Waals surface area contributed by atoms with Gasteiger partial charge >= 0.3 is 0 Å². The molecule has 72 valence electrons. The van der Waals surface area contributed by atoms with Crippen molar-refractivity contribution >= 4 is 16.0 Å². The van der Waals surface area contributed by atoms with Crippen molar-refractivity contribution in [3.8, 4) is 0 Å². The van der Waals surface area contributed by atoms with Gasteiger partial charge in [-0.1, -0.05) is 0 Å². The second kappa shape index (κ2) is 5.07. The van der Waals surface area contributed by atoms with Crippen LogP contribution in [0.25, 0.3) is 0 Å². The van der Waals surface area contributed by atoms with Crippen LogP contribution in [0.4, 0.5) is 0 Å². The topological polar surface area (TPSA) is 99.0 Å². The minimum Gasteiger partial charge on any atom is -0.388 e. The maximum absolute atomic E-state index is 9.19. The molecule has 7 heteroatoms. The standard InChI is InChI=1S/C4H8N2O.CH4O3S/c7-3-4-5-1-2-6-4;1-5(2,3)4/h7H,1-3H2,(H,5,6);1H3,(H,2,3,4). The highest BCUT2D eigenvalue weighted by Crippen LogP contribution is 1.80. The molecule has 0 amide bonds. The van der Waals surface area contributed by atoms with E-state index in [1.54, 1.807) is 0 Å². The van der Waals surface area contributed by atoms with Crippen molar-refractivity contribution in [2.75, 3.05) is 26.0 Å². The number of hydrogen-bond donors (Lipinski definition) is 3. The second-order valence-electron chi connectivity index (χ2n) is 2.15. The molecule has 0 radical (unpaired) electrons. The maximum Gasteiger partial charge on any atom is 0.261 e. The quantitative estimate of drug-likeness (QED) is 0.442. The van der Waals surface area contributed by atoms with Crippen molar-refractivity contribution in [1.29, 1.82) is 0 Å². The molecule has 1 aliphatic heterocycles. The second-order valence-corrected chi connectivity index (χ2v) is 3.61. The summed E-state index contributed by atoms with van der Waals surface area (Å²) >= 11 is 0. The minimum absolute atomic E-state index is 0.0556. The van der Waals surface area contributed by atoms with E-state index in [0.717, 1.165) is 18.9 Å². The third kappa shape index (κ3) is 9.34. The van der Waals surface area contributed by atoms with Gasteiger partial charge in [0.1, 0.15) is 12.4 Å². The summed E-state index contributed by atoms with van der Waals surface area (Å²) in [5.74, 6) is 0.722. The van der Waals surface area contributed by atoms with Crippen molar-refractivity contribution < 1.29 is 18.1 Å². The predicted octanol–water partition coefficient (Wildman–Crippen LogP) is -1.52. The zero-order chi connectivity index (χ0) is 9.61. The Bertz CT molecular complexity index is 238. The highest BCUT2D eigenvalue weighted by Gasteiger charge is 1.99. The van der Waals surface area contributed by atoms with E-state index in [2.05, 4.69) is 10.3 Å². The molecule has 12 heavy (non-hydrogen) atoms. The lowest BCUT2D eigenvalue weighted by Gasteiger charge is -1.91. The summed E-state index contributed by atoms with van der Waals surface area (Å²) in [7, 11) is -3.67. The summed E-state index contributed by atoms with van der Waals surface area (Å²) in [6.07, 6.45) is 0.715. The van der Waals surface area contributed by atoms with Crippen molar-refractivity contribution in [1.82, 2.24) is 5.32 Å². The van der Waals surface area contributed by atoms with Crippen LogP contribution in [0, 0.1) is 0 Å². The summed E-state index contributed by atoms with van der Waals surface area (Å²) in [6.45, 7) is 1.76. The summed E-state index contributed by atoms with van der Waals surface area (Å²) < 4.78 is 25.9. The largest absolute Gasteiger partial charge is 0.388 e. The van der Waals surface area contributed by atoms with Gasteiger partial charge in [0.2, 0.25) is 0 Å². The first-order chi connectivity index (χ1) is 5.43. The summed E-state index contributed by atoms with van der Waals surface area (Å²) in [5.41, 5.74) is 0. The van der Waals surface area contributed by atoms with Crippen molar-refractivity contribution in [3.63, 3.8) is 0 Å². The maximum atomic E-state index is 9.19. The number of aliphatic imine (C=N–C) groups is 1. The van der Waals surface area contributed by atoms with Gasteiger partial charge in [0.05, 0.1) is 12.8 Å². The molecular formula is C5H12N2O4S. The van der Waals surface area contributed by atoms with Crippen molar-refractivity contribution in [2.45, 2.75) is 0 Å². The minimum atomic E-state index is -3.67. The average Bonchev–Trinajstić information content (AvgIpc) is 2.33. The summed E-state index contributed by atoms with van der Waals surface area (Å²) in [5, 5.41) is 11.3. The van der Waals surface area contributed by atoms with Gasteiger partial charge in [0, 0.05) is 6.54 Å². The Balaban J connectivity index is 0.000000217. The lowest BCUT2D eigenvalue weighted by atomic mass is 10.6. The normalized spacial score (nSPS) is 15.8. The van der Waals surface area contributed by atoms with Crippen LogP contribution in [0.15, 0.2) is 4.99 Å². The molecule has 0 spiro atoms. The van der Waals surface area contributed by atoms with Gasteiger partial charge in [-0.05, 0) is 0 Å².